The highest BCUT2D eigenvalue weighted by molar-refractivity contribution is 14.1. The number of benzene rings is 1. The lowest BCUT2D eigenvalue weighted by atomic mass is 9.96. The Morgan fingerprint density at radius 1 is 1.30 bits per heavy atom. The van der Waals surface area contributed by atoms with E-state index in [1.54, 1.807) is 0 Å². The first-order chi connectivity index (χ1) is 9.45. The smallest absolute Gasteiger partial charge is 0.133 e. The number of aromatic hydroxyl groups is 1. The molecule has 1 fully saturated rings. The van der Waals surface area contributed by atoms with Gasteiger partial charge in [0.2, 0.25) is 0 Å². The molecule has 5 heteroatoms. The van der Waals surface area contributed by atoms with E-state index in [0.29, 0.717) is 5.75 Å². The summed E-state index contributed by atoms with van der Waals surface area (Å²) in [7, 11) is 4.36. The number of hydrogen-bond donors (Lipinski definition) is 1. The van der Waals surface area contributed by atoms with Crippen molar-refractivity contribution in [2.45, 2.75) is 19.4 Å². The molecule has 0 amide bonds. The molecule has 1 aliphatic heterocycles. The molecule has 2 rings (SSSR count). The van der Waals surface area contributed by atoms with Crippen LogP contribution in [0.4, 0.5) is 0 Å². The van der Waals surface area contributed by atoms with Gasteiger partial charge in [0.15, 0.2) is 0 Å². The highest BCUT2D eigenvalue weighted by Gasteiger charge is 2.19. The summed E-state index contributed by atoms with van der Waals surface area (Å²) in [6.45, 7) is 4.37. The van der Waals surface area contributed by atoms with E-state index in [1.807, 2.05) is 6.07 Å². The molecule has 0 aromatic heterocycles. The summed E-state index contributed by atoms with van der Waals surface area (Å²) in [6.07, 6.45) is 2.58. The maximum Gasteiger partial charge on any atom is 0.133 e. The number of likely N-dealkylation sites (tertiary alicyclic amines) is 1. The van der Waals surface area contributed by atoms with Crippen molar-refractivity contribution in [3.63, 3.8) is 0 Å². The zero-order valence-electron chi connectivity index (χ0n) is 12.1. The molecular weight excluding hydrogens is 478 g/mol. The van der Waals surface area contributed by atoms with Crippen LogP contribution in [0.2, 0.25) is 0 Å². The van der Waals surface area contributed by atoms with Crippen LogP contribution in [0, 0.1) is 13.1 Å². The van der Waals surface area contributed by atoms with Gasteiger partial charge in [0.1, 0.15) is 5.75 Å². The van der Waals surface area contributed by atoms with E-state index < -0.39 is 0 Å². The average molecular weight is 500 g/mol. The third-order valence-electron chi connectivity index (χ3n) is 3.96. The van der Waals surface area contributed by atoms with Crippen molar-refractivity contribution < 1.29 is 5.11 Å². The lowest BCUT2D eigenvalue weighted by molar-refractivity contribution is 0.173. The van der Waals surface area contributed by atoms with E-state index >= 15 is 0 Å². The number of hydrogen-bond acceptors (Lipinski definition) is 3. The lowest BCUT2D eigenvalue weighted by Gasteiger charge is -2.31. The first-order valence-corrected chi connectivity index (χ1v) is 9.15. The van der Waals surface area contributed by atoms with Crippen LogP contribution in [-0.4, -0.2) is 48.6 Å². The van der Waals surface area contributed by atoms with E-state index in [9.17, 15) is 5.11 Å². The molecule has 0 bridgehead atoms. The van der Waals surface area contributed by atoms with Gasteiger partial charge in [-0.05, 0) is 103 Å². The molecule has 1 aromatic rings. The minimum atomic E-state index is 0.446. The maximum absolute atomic E-state index is 10.2. The molecule has 1 heterocycles. The molecule has 112 valence electrons. The summed E-state index contributed by atoms with van der Waals surface area (Å²) in [5.74, 6) is 1.24. The van der Waals surface area contributed by atoms with Crippen LogP contribution < -0.4 is 0 Å². The van der Waals surface area contributed by atoms with Gasteiger partial charge in [-0.25, -0.2) is 0 Å². The molecule has 0 atom stereocenters. The molecule has 0 radical (unpaired) electrons. The zero-order chi connectivity index (χ0) is 14.7. The lowest BCUT2D eigenvalue weighted by Crippen LogP contribution is -2.35. The second-order valence-corrected chi connectivity index (χ2v) is 8.25. The van der Waals surface area contributed by atoms with Gasteiger partial charge < -0.3 is 14.9 Å². The Balaban J connectivity index is 1.93. The molecule has 0 aliphatic carbocycles. The SMILES string of the molecule is CN1CCC(CN(C)Cc2cc(I)cc(I)c2O)CC1. The monoisotopic (exact) mass is 500 g/mol. The summed E-state index contributed by atoms with van der Waals surface area (Å²) in [5, 5.41) is 10.2. The van der Waals surface area contributed by atoms with E-state index in [1.165, 1.54) is 29.5 Å². The standard InChI is InChI=1S/C15H22I2N2O/c1-18-5-3-11(4-6-18)9-19(2)10-12-7-13(16)8-14(17)15(12)20/h7-8,11,20H,3-6,9-10H2,1-2H3. The number of nitrogens with zero attached hydrogens (tertiary/aromatic N) is 2. The fourth-order valence-corrected chi connectivity index (χ4v) is 4.75. The van der Waals surface area contributed by atoms with Gasteiger partial charge in [-0.2, -0.15) is 0 Å². The fraction of sp³-hybridized carbons (Fsp3) is 0.600. The van der Waals surface area contributed by atoms with Crippen LogP contribution in [0.5, 0.6) is 5.75 Å². The molecule has 1 N–H and O–H groups in total. The number of phenols is 1. The molecule has 1 aromatic carbocycles. The van der Waals surface area contributed by atoms with Gasteiger partial charge in [-0.1, -0.05) is 0 Å². The van der Waals surface area contributed by atoms with E-state index in [0.717, 1.165) is 28.1 Å². The predicted molar refractivity (Wildman–Crippen MR) is 100 cm³/mol. The Morgan fingerprint density at radius 2 is 1.95 bits per heavy atom. The van der Waals surface area contributed by atoms with Crippen LogP contribution in [-0.2, 0) is 6.54 Å². The maximum atomic E-state index is 10.2. The van der Waals surface area contributed by atoms with Crippen LogP contribution in [0.1, 0.15) is 18.4 Å². The van der Waals surface area contributed by atoms with Gasteiger partial charge in [-0.3, -0.25) is 0 Å². The molecule has 3 nitrogen and oxygen atoms in total. The Hall–Kier alpha value is 0.400. The van der Waals surface area contributed by atoms with Gasteiger partial charge in [0, 0.05) is 22.2 Å². The predicted octanol–water partition coefficient (Wildman–Crippen LogP) is 3.38. The van der Waals surface area contributed by atoms with Crippen molar-refractivity contribution >= 4 is 45.2 Å². The summed E-state index contributed by atoms with van der Waals surface area (Å²) < 4.78 is 2.13. The highest BCUT2D eigenvalue weighted by atomic mass is 127. The number of halogens is 2. The van der Waals surface area contributed by atoms with Crippen LogP contribution in [0.15, 0.2) is 12.1 Å². The van der Waals surface area contributed by atoms with Crippen molar-refractivity contribution in [3.8, 4) is 5.75 Å². The summed E-state index contributed by atoms with van der Waals surface area (Å²) in [5.41, 5.74) is 1.04. The molecule has 0 unspecified atom stereocenters. The molecule has 0 spiro atoms. The minimum Gasteiger partial charge on any atom is -0.507 e. The number of piperidine rings is 1. The van der Waals surface area contributed by atoms with Crippen LogP contribution in [0.25, 0.3) is 0 Å². The van der Waals surface area contributed by atoms with Crippen LogP contribution >= 0.6 is 45.2 Å². The second kappa shape index (κ2) is 7.60. The quantitative estimate of drug-likeness (QED) is 0.643. The number of rotatable bonds is 4. The molecule has 20 heavy (non-hydrogen) atoms. The topological polar surface area (TPSA) is 26.7 Å². The molecule has 1 saturated heterocycles. The highest BCUT2D eigenvalue weighted by Crippen LogP contribution is 2.28. The largest absolute Gasteiger partial charge is 0.507 e. The molecule has 0 saturated carbocycles. The van der Waals surface area contributed by atoms with Crippen molar-refractivity contribution in [2.75, 3.05) is 33.7 Å². The zero-order valence-corrected chi connectivity index (χ0v) is 16.4. The van der Waals surface area contributed by atoms with Gasteiger partial charge in [-0.15, -0.1) is 0 Å². The van der Waals surface area contributed by atoms with Crippen molar-refractivity contribution in [1.29, 1.82) is 0 Å². The molecular formula is C15H22I2N2O. The second-order valence-electron chi connectivity index (χ2n) is 5.84. The van der Waals surface area contributed by atoms with Gasteiger partial charge in [0.05, 0.1) is 3.57 Å². The van der Waals surface area contributed by atoms with Gasteiger partial charge >= 0.3 is 0 Å². The van der Waals surface area contributed by atoms with Gasteiger partial charge in [0.25, 0.3) is 0 Å². The first kappa shape index (κ1) is 16.8. The van der Waals surface area contributed by atoms with E-state index in [4.69, 9.17) is 0 Å². The number of phenolic OH excluding ortho intramolecular Hbond substituents is 1. The van der Waals surface area contributed by atoms with Crippen LogP contribution in [0.3, 0.4) is 0 Å². The Bertz CT molecular complexity index is 459. The summed E-state index contributed by atoms with van der Waals surface area (Å²) in [4.78, 5) is 4.75. The first-order valence-electron chi connectivity index (χ1n) is 6.99. The molecule has 1 aliphatic rings. The van der Waals surface area contributed by atoms with E-state index in [-0.39, 0.29) is 0 Å². The fourth-order valence-electron chi connectivity index (χ4n) is 2.78. The summed E-state index contributed by atoms with van der Waals surface area (Å²) in [6, 6.07) is 4.10. The third kappa shape index (κ3) is 4.71. The van der Waals surface area contributed by atoms with E-state index in [2.05, 4.69) is 75.1 Å². The summed E-state index contributed by atoms with van der Waals surface area (Å²) >= 11 is 4.51. The Labute approximate surface area is 149 Å². The van der Waals surface area contributed by atoms with Crippen molar-refractivity contribution in [3.05, 3.63) is 24.8 Å². The third-order valence-corrected chi connectivity index (χ3v) is 5.40. The van der Waals surface area contributed by atoms with Crippen molar-refractivity contribution in [2.24, 2.45) is 5.92 Å². The minimum absolute atomic E-state index is 0.446. The Morgan fingerprint density at radius 3 is 2.60 bits per heavy atom. The average Bonchev–Trinajstić information content (AvgIpc) is 2.38. The Kier molecular flexibility index (Phi) is 6.37. The van der Waals surface area contributed by atoms with Crippen molar-refractivity contribution in [1.82, 2.24) is 9.80 Å². The normalized spacial score (nSPS) is 17.9.